The number of carboxylic acid groups (broad SMARTS) is 1. The van der Waals surface area contributed by atoms with Gasteiger partial charge in [-0.3, -0.25) is 5.43 Å². The lowest BCUT2D eigenvalue weighted by molar-refractivity contribution is 0.0697. The first-order chi connectivity index (χ1) is 10.7. The minimum atomic E-state index is -0.981. The average molecular weight is 291 g/mol. The predicted octanol–water partition coefficient (Wildman–Crippen LogP) is 3.38. The number of hydrogen-bond donors (Lipinski definition) is 2. The third-order valence-corrected chi connectivity index (χ3v) is 3.17. The Bertz CT molecular complexity index is 859. The zero-order chi connectivity index (χ0) is 15.4. The molecule has 3 rings (SSSR count). The molecule has 2 aromatic carbocycles. The van der Waals surface area contributed by atoms with E-state index in [1.807, 2.05) is 36.4 Å². The Morgan fingerprint density at radius 2 is 1.82 bits per heavy atom. The highest BCUT2D eigenvalue weighted by Gasteiger charge is 2.06. The molecule has 0 bridgehead atoms. The summed E-state index contributed by atoms with van der Waals surface area (Å²) in [6.45, 7) is 0. The lowest BCUT2D eigenvalue weighted by atomic mass is 10.1. The van der Waals surface area contributed by atoms with Crippen molar-refractivity contribution in [1.29, 1.82) is 0 Å². The van der Waals surface area contributed by atoms with E-state index in [-0.39, 0.29) is 5.56 Å². The summed E-state index contributed by atoms with van der Waals surface area (Å²) in [4.78, 5) is 15.5. The minimum Gasteiger partial charge on any atom is -0.478 e. The van der Waals surface area contributed by atoms with Crippen LogP contribution in [-0.4, -0.2) is 22.3 Å². The van der Waals surface area contributed by atoms with E-state index in [0.717, 1.165) is 10.9 Å². The van der Waals surface area contributed by atoms with Gasteiger partial charge in [0.05, 0.1) is 17.3 Å². The number of anilines is 1. The molecule has 1 aromatic heterocycles. The molecule has 0 saturated heterocycles. The molecule has 0 unspecified atom stereocenters. The fourth-order valence-corrected chi connectivity index (χ4v) is 2.10. The zero-order valence-corrected chi connectivity index (χ0v) is 11.6. The second-order valence-corrected chi connectivity index (χ2v) is 4.65. The van der Waals surface area contributed by atoms with Gasteiger partial charge in [-0.05, 0) is 24.3 Å². The van der Waals surface area contributed by atoms with E-state index in [1.165, 1.54) is 12.3 Å². The number of para-hydroxylation sites is 1. The molecule has 0 aliphatic rings. The van der Waals surface area contributed by atoms with Crippen LogP contribution in [0.3, 0.4) is 0 Å². The van der Waals surface area contributed by atoms with Crippen LogP contribution in [0.25, 0.3) is 10.9 Å². The molecular weight excluding hydrogens is 278 g/mol. The van der Waals surface area contributed by atoms with Crippen LogP contribution in [-0.2, 0) is 0 Å². The number of nitrogens with zero attached hydrogens (tertiary/aromatic N) is 2. The van der Waals surface area contributed by atoms with Gasteiger partial charge >= 0.3 is 5.97 Å². The van der Waals surface area contributed by atoms with Crippen LogP contribution < -0.4 is 5.43 Å². The van der Waals surface area contributed by atoms with Gasteiger partial charge in [-0.15, -0.1) is 0 Å². The van der Waals surface area contributed by atoms with Gasteiger partial charge in [-0.25, -0.2) is 9.78 Å². The molecule has 0 amide bonds. The quantitative estimate of drug-likeness (QED) is 0.571. The van der Waals surface area contributed by atoms with Gasteiger partial charge in [0.1, 0.15) is 5.82 Å². The Hall–Kier alpha value is -3.21. The number of rotatable bonds is 4. The number of fused-ring (bicyclic) bond motifs is 1. The summed E-state index contributed by atoms with van der Waals surface area (Å²) in [5.41, 5.74) is 4.42. The maximum absolute atomic E-state index is 11.1. The van der Waals surface area contributed by atoms with Crippen molar-refractivity contribution in [2.24, 2.45) is 5.10 Å². The maximum atomic E-state index is 11.1. The highest BCUT2D eigenvalue weighted by Crippen LogP contribution is 2.14. The van der Waals surface area contributed by atoms with Crippen molar-refractivity contribution in [3.05, 3.63) is 71.8 Å². The zero-order valence-electron chi connectivity index (χ0n) is 11.6. The van der Waals surface area contributed by atoms with E-state index in [4.69, 9.17) is 5.11 Å². The molecule has 22 heavy (non-hydrogen) atoms. The van der Waals surface area contributed by atoms with Gasteiger partial charge < -0.3 is 5.11 Å². The Kier molecular flexibility index (Phi) is 3.78. The van der Waals surface area contributed by atoms with Crippen molar-refractivity contribution in [2.75, 3.05) is 5.43 Å². The molecule has 2 N–H and O–H groups in total. The number of aromatic carboxylic acids is 1. The molecule has 108 valence electrons. The first kappa shape index (κ1) is 13.8. The molecule has 0 saturated carbocycles. The van der Waals surface area contributed by atoms with Crippen molar-refractivity contribution in [1.82, 2.24) is 4.98 Å². The van der Waals surface area contributed by atoms with Crippen molar-refractivity contribution < 1.29 is 9.90 Å². The first-order valence-corrected chi connectivity index (χ1v) is 6.71. The van der Waals surface area contributed by atoms with Crippen LogP contribution in [0.4, 0.5) is 5.82 Å². The molecule has 0 atom stereocenters. The summed E-state index contributed by atoms with van der Waals surface area (Å²) >= 11 is 0. The van der Waals surface area contributed by atoms with Crippen LogP contribution in [0.5, 0.6) is 0 Å². The third-order valence-electron chi connectivity index (χ3n) is 3.17. The first-order valence-electron chi connectivity index (χ1n) is 6.71. The summed E-state index contributed by atoms with van der Waals surface area (Å²) in [6.07, 6.45) is 1.47. The molecule has 0 spiro atoms. The van der Waals surface area contributed by atoms with Crippen LogP contribution in [0, 0.1) is 0 Å². The molecule has 5 nitrogen and oxygen atoms in total. The van der Waals surface area contributed by atoms with Gasteiger partial charge in [0.2, 0.25) is 0 Å². The second-order valence-electron chi connectivity index (χ2n) is 4.65. The van der Waals surface area contributed by atoms with Crippen LogP contribution in [0.2, 0.25) is 0 Å². The summed E-state index contributed by atoms with van der Waals surface area (Å²) < 4.78 is 0. The summed E-state index contributed by atoms with van der Waals surface area (Å²) in [5, 5.41) is 14.2. The Morgan fingerprint density at radius 3 is 2.68 bits per heavy atom. The predicted molar refractivity (Wildman–Crippen MR) is 86.4 cm³/mol. The fourth-order valence-electron chi connectivity index (χ4n) is 2.10. The summed E-state index contributed by atoms with van der Waals surface area (Å²) in [6, 6.07) is 18.2. The number of hydrazone groups is 1. The number of benzene rings is 2. The lowest BCUT2D eigenvalue weighted by Gasteiger charge is -2.02. The fraction of sp³-hybridized carbons (Fsp3) is 0. The number of hydrogen-bond acceptors (Lipinski definition) is 4. The molecule has 5 heteroatoms. The molecule has 0 aliphatic carbocycles. The van der Waals surface area contributed by atoms with Crippen molar-refractivity contribution >= 4 is 28.9 Å². The minimum absolute atomic E-state index is 0.208. The molecular formula is C17H13N3O2. The number of aromatic nitrogens is 1. The van der Waals surface area contributed by atoms with E-state index in [9.17, 15) is 4.79 Å². The largest absolute Gasteiger partial charge is 0.478 e. The van der Waals surface area contributed by atoms with E-state index >= 15 is 0 Å². The topological polar surface area (TPSA) is 74.6 Å². The van der Waals surface area contributed by atoms with E-state index in [1.54, 1.807) is 18.2 Å². The highest BCUT2D eigenvalue weighted by atomic mass is 16.4. The Balaban J connectivity index is 1.80. The molecule has 3 aromatic rings. The van der Waals surface area contributed by atoms with Gasteiger partial charge in [0.25, 0.3) is 0 Å². The van der Waals surface area contributed by atoms with Crippen LogP contribution in [0.15, 0.2) is 65.8 Å². The maximum Gasteiger partial charge on any atom is 0.336 e. The van der Waals surface area contributed by atoms with E-state index in [2.05, 4.69) is 15.5 Å². The van der Waals surface area contributed by atoms with Gasteiger partial charge in [-0.1, -0.05) is 36.4 Å². The number of carboxylic acids is 1. The number of carbonyl (C=O) groups is 1. The monoisotopic (exact) mass is 291 g/mol. The second kappa shape index (κ2) is 6.05. The number of pyridine rings is 1. The number of nitrogens with one attached hydrogen (secondary N) is 1. The van der Waals surface area contributed by atoms with Gasteiger partial charge in [-0.2, -0.15) is 5.10 Å². The van der Waals surface area contributed by atoms with Gasteiger partial charge in [0.15, 0.2) is 0 Å². The Morgan fingerprint density at radius 1 is 1.05 bits per heavy atom. The van der Waals surface area contributed by atoms with Gasteiger partial charge in [0, 0.05) is 10.9 Å². The summed E-state index contributed by atoms with van der Waals surface area (Å²) in [5.74, 6) is -0.381. The summed E-state index contributed by atoms with van der Waals surface area (Å²) in [7, 11) is 0. The average Bonchev–Trinajstić information content (AvgIpc) is 2.55. The highest BCUT2D eigenvalue weighted by molar-refractivity contribution is 5.98. The normalized spacial score (nSPS) is 10.9. The molecule has 0 radical (unpaired) electrons. The molecule has 0 aliphatic heterocycles. The Labute approximate surface area is 126 Å². The lowest BCUT2D eigenvalue weighted by Crippen LogP contribution is -2.02. The van der Waals surface area contributed by atoms with E-state index in [0.29, 0.717) is 11.4 Å². The van der Waals surface area contributed by atoms with Crippen molar-refractivity contribution in [3.63, 3.8) is 0 Å². The standard InChI is InChI=1S/C17H13N3O2/c21-17(22)14-7-3-1-6-13(14)11-18-20-16-10-9-12-5-2-4-8-15(12)19-16/h1-11H,(H,19,20)(H,21,22)/b18-11+. The third kappa shape index (κ3) is 2.93. The SMILES string of the molecule is O=C(O)c1ccccc1/C=N/Nc1ccc2ccccc2n1. The van der Waals surface area contributed by atoms with E-state index < -0.39 is 5.97 Å². The van der Waals surface area contributed by atoms with Crippen LogP contribution in [0.1, 0.15) is 15.9 Å². The van der Waals surface area contributed by atoms with Crippen LogP contribution >= 0.6 is 0 Å². The van der Waals surface area contributed by atoms with Crippen molar-refractivity contribution in [3.8, 4) is 0 Å². The van der Waals surface area contributed by atoms with Crippen molar-refractivity contribution in [2.45, 2.75) is 0 Å². The molecule has 0 fully saturated rings. The smallest absolute Gasteiger partial charge is 0.336 e. The molecule has 1 heterocycles.